The Kier molecular flexibility index (Phi) is 6.18. The van der Waals surface area contributed by atoms with Crippen molar-refractivity contribution in [3.8, 4) is 0 Å². The molecule has 20 heavy (non-hydrogen) atoms. The van der Waals surface area contributed by atoms with E-state index in [4.69, 9.17) is 10.2 Å². The summed E-state index contributed by atoms with van der Waals surface area (Å²) in [4.78, 5) is 2.09. The first-order chi connectivity index (χ1) is 9.29. The summed E-state index contributed by atoms with van der Waals surface area (Å²) in [6, 6.07) is 4.52. The van der Waals surface area contributed by atoms with Crippen LogP contribution in [0.15, 0.2) is 12.1 Å². The van der Waals surface area contributed by atoms with Crippen molar-refractivity contribution in [2.45, 2.75) is 46.6 Å². The molecule has 0 atom stereocenters. The Bertz CT molecular complexity index is 406. The predicted molar refractivity (Wildman–Crippen MR) is 84.1 cm³/mol. The molecule has 0 spiro atoms. The van der Waals surface area contributed by atoms with E-state index in [1.165, 1.54) is 22.3 Å². The summed E-state index contributed by atoms with van der Waals surface area (Å²) in [6.07, 6.45) is 0. The van der Waals surface area contributed by atoms with Crippen molar-refractivity contribution in [3.05, 3.63) is 34.4 Å². The molecule has 1 aromatic rings. The molecule has 114 valence electrons. The Morgan fingerprint density at radius 3 is 1.75 bits per heavy atom. The average Bonchev–Trinajstić information content (AvgIpc) is 2.32. The Balaban J connectivity index is 3.01. The molecule has 0 amide bonds. The van der Waals surface area contributed by atoms with Crippen LogP contribution in [0.2, 0.25) is 0 Å². The van der Waals surface area contributed by atoms with Gasteiger partial charge in [0.2, 0.25) is 0 Å². The highest BCUT2D eigenvalue weighted by atomic mass is 16.3. The van der Waals surface area contributed by atoms with E-state index in [0.717, 1.165) is 6.54 Å². The molecule has 0 fully saturated rings. The molecule has 0 aliphatic carbocycles. The average molecular weight is 279 g/mol. The van der Waals surface area contributed by atoms with Gasteiger partial charge in [-0.15, -0.1) is 0 Å². The van der Waals surface area contributed by atoms with Gasteiger partial charge < -0.3 is 10.2 Å². The van der Waals surface area contributed by atoms with Gasteiger partial charge in [0.15, 0.2) is 0 Å². The van der Waals surface area contributed by atoms with E-state index >= 15 is 0 Å². The summed E-state index contributed by atoms with van der Waals surface area (Å²) in [7, 11) is 0. The third-order valence-corrected chi connectivity index (χ3v) is 3.78. The third-order valence-electron chi connectivity index (χ3n) is 3.78. The van der Waals surface area contributed by atoms with Gasteiger partial charge in [-0.2, -0.15) is 0 Å². The summed E-state index contributed by atoms with van der Waals surface area (Å²) in [5.41, 5.74) is 5.39. The summed E-state index contributed by atoms with van der Waals surface area (Å²) in [5.74, 6) is 0. The molecule has 0 aromatic heterocycles. The molecule has 1 rings (SSSR count). The van der Waals surface area contributed by atoms with Gasteiger partial charge in [0.05, 0.1) is 13.2 Å². The van der Waals surface area contributed by atoms with E-state index in [-0.39, 0.29) is 18.6 Å². The van der Waals surface area contributed by atoms with Crippen molar-refractivity contribution >= 4 is 0 Å². The van der Waals surface area contributed by atoms with Crippen LogP contribution in [0.1, 0.15) is 43.0 Å². The largest absolute Gasteiger partial charge is 0.395 e. The first-order valence-electron chi connectivity index (χ1n) is 7.34. The number of nitrogens with zero attached hydrogens (tertiary/aromatic N) is 1. The Morgan fingerprint density at radius 2 is 1.40 bits per heavy atom. The molecule has 0 heterocycles. The molecule has 3 heteroatoms. The van der Waals surface area contributed by atoms with Crippen LogP contribution in [0.5, 0.6) is 0 Å². The van der Waals surface area contributed by atoms with Gasteiger partial charge in [-0.1, -0.05) is 32.9 Å². The number of hydrogen-bond acceptors (Lipinski definition) is 3. The minimum Gasteiger partial charge on any atom is -0.395 e. The first kappa shape index (κ1) is 17.2. The van der Waals surface area contributed by atoms with Gasteiger partial charge in [-0.25, -0.2) is 0 Å². The lowest BCUT2D eigenvalue weighted by Gasteiger charge is -2.25. The fraction of sp³-hybridized carbons (Fsp3) is 0.647. The number of aliphatic hydroxyl groups excluding tert-OH is 2. The highest BCUT2D eigenvalue weighted by Crippen LogP contribution is 2.27. The minimum absolute atomic E-state index is 0.123. The van der Waals surface area contributed by atoms with Gasteiger partial charge in [0.1, 0.15) is 0 Å². The fourth-order valence-corrected chi connectivity index (χ4v) is 2.45. The van der Waals surface area contributed by atoms with Crippen molar-refractivity contribution in [2.24, 2.45) is 0 Å². The molecular weight excluding hydrogens is 250 g/mol. The van der Waals surface area contributed by atoms with E-state index in [2.05, 4.69) is 51.7 Å². The number of benzene rings is 1. The zero-order valence-electron chi connectivity index (χ0n) is 13.5. The maximum absolute atomic E-state index is 9.11. The van der Waals surface area contributed by atoms with Crippen LogP contribution in [-0.2, 0) is 12.0 Å². The molecule has 0 radical (unpaired) electrons. The second-order valence-corrected chi connectivity index (χ2v) is 6.56. The Hall–Kier alpha value is -0.900. The maximum Gasteiger partial charge on any atom is 0.0558 e. The molecule has 3 nitrogen and oxygen atoms in total. The van der Waals surface area contributed by atoms with Crippen molar-refractivity contribution < 1.29 is 10.2 Å². The summed E-state index contributed by atoms with van der Waals surface area (Å²) in [5, 5.41) is 18.2. The van der Waals surface area contributed by atoms with Crippen LogP contribution in [0, 0.1) is 13.8 Å². The Morgan fingerprint density at radius 1 is 0.950 bits per heavy atom. The van der Waals surface area contributed by atoms with Gasteiger partial charge in [0.25, 0.3) is 0 Å². The second-order valence-electron chi connectivity index (χ2n) is 6.56. The number of rotatable bonds is 6. The third kappa shape index (κ3) is 4.58. The fourth-order valence-electron chi connectivity index (χ4n) is 2.45. The number of aryl methyl sites for hydroxylation is 2. The lowest BCUT2D eigenvalue weighted by molar-refractivity contribution is 0.155. The van der Waals surface area contributed by atoms with Crippen molar-refractivity contribution in [3.63, 3.8) is 0 Å². The zero-order chi connectivity index (χ0) is 15.3. The van der Waals surface area contributed by atoms with E-state index in [1.54, 1.807) is 0 Å². The van der Waals surface area contributed by atoms with Crippen molar-refractivity contribution in [1.29, 1.82) is 0 Å². The topological polar surface area (TPSA) is 43.7 Å². The van der Waals surface area contributed by atoms with Crippen LogP contribution in [0.4, 0.5) is 0 Å². The summed E-state index contributed by atoms with van der Waals surface area (Å²) in [6.45, 7) is 13.2. The molecule has 1 aromatic carbocycles. The van der Waals surface area contributed by atoms with Gasteiger partial charge in [0, 0.05) is 19.6 Å². The van der Waals surface area contributed by atoms with E-state index in [1.807, 2.05) is 0 Å². The van der Waals surface area contributed by atoms with Crippen LogP contribution in [0.3, 0.4) is 0 Å². The molecule has 0 saturated heterocycles. The maximum atomic E-state index is 9.11. The van der Waals surface area contributed by atoms with Gasteiger partial charge in [-0.3, -0.25) is 4.90 Å². The molecule has 0 aliphatic heterocycles. The van der Waals surface area contributed by atoms with Crippen LogP contribution >= 0.6 is 0 Å². The quantitative estimate of drug-likeness (QED) is 0.840. The van der Waals surface area contributed by atoms with Crippen LogP contribution < -0.4 is 0 Å². The van der Waals surface area contributed by atoms with Crippen LogP contribution in [-0.4, -0.2) is 41.4 Å². The first-order valence-corrected chi connectivity index (χ1v) is 7.34. The molecule has 0 aliphatic rings. The minimum atomic E-state index is 0.123. The molecule has 2 N–H and O–H groups in total. The van der Waals surface area contributed by atoms with Gasteiger partial charge in [-0.05, 0) is 41.5 Å². The van der Waals surface area contributed by atoms with Crippen molar-refractivity contribution in [2.75, 3.05) is 26.3 Å². The SMILES string of the molecule is Cc1cc(C(C)(C)C)cc(C)c1CN(CCO)CCO. The lowest BCUT2D eigenvalue weighted by Crippen LogP contribution is -2.30. The highest BCUT2D eigenvalue weighted by Gasteiger charge is 2.17. The predicted octanol–water partition coefficient (Wildman–Crippen LogP) is 2.39. The standard InChI is InChI=1S/C17H29NO2/c1-13-10-15(17(3,4)5)11-14(2)16(13)12-18(6-8-19)7-9-20/h10-11,19-20H,6-9,12H2,1-5H3. The normalized spacial score (nSPS) is 12.2. The van der Waals surface area contributed by atoms with Crippen molar-refractivity contribution in [1.82, 2.24) is 4.90 Å². The Labute approximate surface area is 123 Å². The zero-order valence-corrected chi connectivity index (χ0v) is 13.5. The number of aliphatic hydroxyl groups is 2. The van der Waals surface area contributed by atoms with Gasteiger partial charge >= 0.3 is 0 Å². The summed E-state index contributed by atoms with van der Waals surface area (Å²) < 4.78 is 0. The lowest BCUT2D eigenvalue weighted by atomic mass is 9.84. The van der Waals surface area contributed by atoms with Crippen LogP contribution in [0.25, 0.3) is 0 Å². The highest BCUT2D eigenvalue weighted by molar-refractivity contribution is 5.40. The van der Waals surface area contributed by atoms with E-state index in [9.17, 15) is 0 Å². The monoisotopic (exact) mass is 279 g/mol. The smallest absolute Gasteiger partial charge is 0.0558 e. The molecule has 0 saturated carbocycles. The summed E-state index contributed by atoms with van der Waals surface area (Å²) >= 11 is 0. The molecule has 0 bridgehead atoms. The molecular formula is C17H29NO2. The van der Waals surface area contributed by atoms with E-state index in [0.29, 0.717) is 13.1 Å². The number of hydrogen-bond donors (Lipinski definition) is 2. The second kappa shape index (κ2) is 7.21. The molecule has 0 unspecified atom stereocenters. The van der Waals surface area contributed by atoms with E-state index < -0.39 is 0 Å².